The van der Waals surface area contributed by atoms with Gasteiger partial charge in [-0.15, -0.1) is 0 Å². The fourth-order valence-corrected chi connectivity index (χ4v) is 6.53. The van der Waals surface area contributed by atoms with Crippen LogP contribution in [-0.2, 0) is 25.9 Å². The van der Waals surface area contributed by atoms with Gasteiger partial charge in [0.05, 0.1) is 18.6 Å². The van der Waals surface area contributed by atoms with Gasteiger partial charge in [-0.25, -0.2) is 8.42 Å². The SMILES string of the molecule is CCOC(=O)C1(S(=O)(=O)c2ccc(OC)cc2)CCN(Cc2ccc(-c3ccccc3)cc2)CC1. The molecule has 0 unspecified atom stereocenters. The van der Waals surface area contributed by atoms with Crippen molar-refractivity contribution < 1.29 is 22.7 Å². The van der Waals surface area contributed by atoms with Crippen LogP contribution in [0.25, 0.3) is 11.1 Å². The first kappa shape index (κ1) is 24.9. The first-order valence-electron chi connectivity index (χ1n) is 11.8. The fourth-order valence-electron chi connectivity index (χ4n) is 4.59. The summed E-state index contributed by atoms with van der Waals surface area (Å²) in [5.41, 5.74) is 3.46. The number of carbonyl (C=O) groups excluding carboxylic acids is 1. The van der Waals surface area contributed by atoms with Gasteiger partial charge in [0.2, 0.25) is 0 Å². The third-order valence-electron chi connectivity index (χ3n) is 6.66. The van der Waals surface area contributed by atoms with Gasteiger partial charge in [-0.05, 0) is 60.7 Å². The average Bonchev–Trinajstić information content (AvgIpc) is 2.90. The van der Waals surface area contributed by atoms with Crippen molar-refractivity contribution >= 4 is 15.8 Å². The molecule has 0 saturated carbocycles. The fraction of sp³-hybridized carbons (Fsp3) is 0.321. The van der Waals surface area contributed by atoms with Gasteiger partial charge < -0.3 is 9.47 Å². The molecule has 0 aliphatic carbocycles. The van der Waals surface area contributed by atoms with Crippen molar-refractivity contribution in [3.8, 4) is 16.9 Å². The number of piperidine rings is 1. The molecule has 0 atom stereocenters. The molecule has 1 aliphatic heterocycles. The number of sulfone groups is 1. The number of benzene rings is 3. The molecule has 0 amide bonds. The second kappa shape index (κ2) is 10.6. The number of nitrogens with zero attached hydrogens (tertiary/aromatic N) is 1. The Bertz CT molecular complexity index is 1230. The van der Waals surface area contributed by atoms with E-state index in [4.69, 9.17) is 9.47 Å². The van der Waals surface area contributed by atoms with Gasteiger partial charge in [-0.3, -0.25) is 9.69 Å². The molecular formula is C28H31NO5S. The number of carbonyl (C=O) groups is 1. The normalized spacial score (nSPS) is 15.9. The summed E-state index contributed by atoms with van der Waals surface area (Å²) in [6.45, 7) is 3.48. The Morgan fingerprint density at radius 3 is 2.06 bits per heavy atom. The summed E-state index contributed by atoms with van der Waals surface area (Å²) < 4.78 is 36.2. The summed E-state index contributed by atoms with van der Waals surface area (Å²) in [7, 11) is -2.44. The maximum atomic E-state index is 13.7. The molecule has 1 aliphatic rings. The van der Waals surface area contributed by atoms with Gasteiger partial charge in [0.15, 0.2) is 14.6 Å². The summed E-state index contributed by atoms with van der Waals surface area (Å²) in [4.78, 5) is 15.4. The number of esters is 1. The Balaban J connectivity index is 1.50. The summed E-state index contributed by atoms with van der Waals surface area (Å²) in [6.07, 6.45) is 0.366. The van der Waals surface area contributed by atoms with Crippen LogP contribution in [0.5, 0.6) is 5.75 Å². The largest absolute Gasteiger partial charge is 0.497 e. The van der Waals surface area contributed by atoms with Crippen molar-refractivity contribution in [3.05, 3.63) is 84.4 Å². The minimum Gasteiger partial charge on any atom is -0.497 e. The smallest absolute Gasteiger partial charge is 0.327 e. The molecule has 0 N–H and O–H groups in total. The van der Waals surface area contributed by atoms with Crippen LogP contribution in [0.1, 0.15) is 25.3 Å². The van der Waals surface area contributed by atoms with Gasteiger partial charge in [-0.2, -0.15) is 0 Å². The van der Waals surface area contributed by atoms with Crippen LogP contribution in [-0.4, -0.2) is 50.8 Å². The Hall–Kier alpha value is -3.16. The van der Waals surface area contributed by atoms with Gasteiger partial charge >= 0.3 is 5.97 Å². The maximum absolute atomic E-state index is 13.7. The standard InChI is InChI=1S/C28H31NO5S/c1-3-34-27(30)28(35(31,32)26-15-13-25(33-2)14-16-26)17-19-29(20-18-28)21-22-9-11-24(12-10-22)23-7-5-4-6-8-23/h4-16H,3,17-21H2,1-2H3. The van der Waals surface area contributed by atoms with Crippen LogP contribution in [0.2, 0.25) is 0 Å². The lowest BCUT2D eigenvalue weighted by Gasteiger charge is -2.39. The van der Waals surface area contributed by atoms with Crippen LogP contribution in [0.4, 0.5) is 0 Å². The second-order valence-electron chi connectivity index (χ2n) is 8.73. The summed E-state index contributed by atoms with van der Waals surface area (Å²) in [6, 6.07) is 24.8. The highest BCUT2D eigenvalue weighted by atomic mass is 32.2. The molecule has 6 nitrogen and oxygen atoms in total. The summed E-state index contributed by atoms with van der Waals surface area (Å²) in [5.74, 6) is -0.107. The molecule has 0 aromatic heterocycles. The van der Waals surface area contributed by atoms with Crippen molar-refractivity contribution in [3.63, 3.8) is 0 Å². The monoisotopic (exact) mass is 493 g/mol. The van der Waals surface area contributed by atoms with Crippen LogP contribution in [0, 0.1) is 0 Å². The van der Waals surface area contributed by atoms with Crippen LogP contribution < -0.4 is 4.74 Å². The first-order valence-corrected chi connectivity index (χ1v) is 13.3. The third kappa shape index (κ3) is 5.11. The average molecular weight is 494 g/mol. The van der Waals surface area contributed by atoms with Crippen molar-refractivity contribution in [2.45, 2.75) is 36.0 Å². The second-order valence-corrected chi connectivity index (χ2v) is 11.0. The molecule has 184 valence electrons. The molecule has 3 aromatic carbocycles. The van der Waals surface area contributed by atoms with Gasteiger partial charge in [0.1, 0.15) is 5.75 Å². The van der Waals surface area contributed by atoms with Gasteiger partial charge in [0, 0.05) is 19.6 Å². The van der Waals surface area contributed by atoms with Gasteiger partial charge in [0.25, 0.3) is 0 Å². The lowest BCUT2D eigenvalue weighted by molar-refractivity contribution is -0.147. The summed E-state index contributed by atoms with van der Waals surface area (Å²) in [5, 5.41) is 0. The molecule has 1 saturated heterocycles. The molecule has 1 heterocycles. The Morgan fingerprint density at radius 2 is 1.49 bits per heavy atom. The van der Waals surface area contributed by atoms with Crippen LogP contribution in [0.15, 0.2) is 83.8 Å². The molecule has 7 heteroatoms. The van der Waals surface area contributed by atoms with Crippen molar-refractivity contribution in [1.29, 1.82) is 0 Å². The lowest BCUT2D eigenvalue weighted by Crippen LogP contribution is -2.54. The van der Waals surface area contributed by atoms with E-state index in [-0.39, 0.29) is 24.3 Å². The third-order valence-corrected chi connectivity index (χ3v) is 9.16. The Kier molecular flexibility index (Phi) is 7.57. The molecule has 35 heavy (non-hydrogen) atoms. The molecule has 1 fully saturated rings. The maximum Gasteiger partial charge on any atom is 0.327 e. The molecule has 4 rings (SSSR count). The number of ether oxygens (including phenoxy) is 2. The molecule has 0 radical (unpaired) electrons. The predicted molar refractivity (Wildman–Crippen MR) is 136 cm³/mol. The topological polar surface area (TPSA) is 72.9 Å². The van der Waals surface area contributed by atoms with E-state index in [2.05, 4.69) is 41.3 Å². The van der Waals surface area contributed by atoms with Gasteiger partial charge in [-0.1, -0.05) is 54.6 Å². The number of methoxy groups -OCH3 is 1. The lowest BCUT2D eigenvalue weighted by atomic mass is 9.95. The van der Waals surface area contributed by atoms with Crippen molar-refractivity contribution in [2.24, 2.45) is 0 Å². The zero-order valence-electron chi connectivity index (χ0n) is 20.1. The Labute approximate surface area is 207 Å². The number of rotatable bonds is 8. The van der Waals surface area contributed by atoms with Crippen molar-refractivity contribution in [1.82, 2.24) is 4.90 Å². The molecular weight excluding hydrogens is 462 g/mol. The van der Waals surface area contributed by atoms with E-state index in [0.717, 1.165) is 11.1 Å². The number of hydrogen-bond donors (Lipinski definition) is 0. The number of likely N-dealkylation sites (tertiary alicyclic amines) is 1. The zero-order valence-corrected chi connectivity index (χ0v) is 21.0. The van der Waals surface area contributed by atoms with Crippen molar-refractivity contribution in [2.75, 3.05) is 26.8 Å². The molecule has 0 spiro atoms. The highest BCUT2D eigenvalue weighted by Gasteiger charge is 2.54. The first-order chi connectivity index (χ1) is 16.9. The van der Waals surface area contributed by atoms with E-state index in [0.29, 0.717) is 25.4 Å². The van der Waals surface area contributed by atoms with Crippen LogP contribution >= 0.6 is 0 Å². The highest BCUT2D eigenvalue weighted by Crippen LogP contribution is 2.38. The highest BCUT2D eigenvalue weighted by molar-refractivity contribution is 7.93. The van der Waals surface area contributed by atoms with E-state index in [1.54, 1.807) is 19.1 Å². The molecule has 3 aromatic rings. The number of hydrogen-bond acceptors (Lipinski definition) is 6. The zero-order chi connectivity index (χ0) is 24.9. The summed E-state index contributed by atoms with van der Waals surface area (Å²) >= 11 is 0. The molecule has 0 bridgehead atoms. The van der Waals surface area contributed by atoms with E-state index in [9.17, 15) is 13.2 Å². The Morgan fingerprint density at radius 1 is 0.886 bits per heavy atom. The van der Waals surface area contributed by atoms with E-state index < -0.39 is 20.6 Å². The van der Waals surface area contributed by atoms with E-state index >= 15 is 0 Å². The predicted octanol–water partition coefficient (Wildman–Crippen LogP) is 4.73. The minimum absolute atomic E-state index is 0.108. The quantitative estimate of drug-likeness (QED) is 0.422. The van der Waals surface area contributed by atoms with E-state index in [1.807, 2.05) is 18.2 Å². The van der Waals surface area contributed by atoms with Crippen LogP contribution in [0.3, 0.4) is 0 Å². The van der Waals surface area contributed by atoms with E-state index in [1.165, 1.54) is 24.8 Å². The minimum atomic E-state index is -3.96.